The number of anilines is 1. The van der Waals surface area contributed by atoms with Crippen LogP contribution in [0, 0.1) is 0 Å². The molecule has 1 heterocycles. The number of nitrogens with zero attached hydrogens (tertiary/aromatic N) is 1. The molecule has 0 aliphatic carbocycles. The summed E-state index contributed by atoms with van der Waals surface area (Å²) in [5.74, 6) is -1.12. The number of carboxylic acid groups (broad SMARTS) is 1. The monoisotopic (exact) mass is 307 g/mol. The minimum absolute atomic E-state index is 0.00444. The van der Waals surface area contributed by atoms with E-state index in [0.29, 0.717) is 12.1 Å². The second-order valence-electron chi connectivity index (χ2n) is 4.39. The number of hydrogen-bond acceptors (Lipinski definition) is 3. The first-order valence-electron chi connectivity index (χ1n) is 6.42. The van der Waals surface area contributed by atoms with E-state index in [1.807, 2.05) is 18.2 Å². The van der Waals surface area contributed by atoms with Gasteiger partial charge in [0, 0.05) is 18.7 Å². The van der Waals surface area contributed by atoms with Gasteiger partial charge in [-0.2, -0.15) is 0 Å². The summed E-state index contributed by atoms with van der Waals surface area (Å²) in [6.45, 7) is 0.285. The van der Waals surface area contributed by atoms with Gasteiger partial charge in [0.1, 0.15) is 0 Å². The number of furan rings is 1. The van der Waals surface area contributed by atoms with Crippen LogP contribution in [0.2, 0.25) is 5.22 Å². The molecular weight excluding hydrogens is 294 g/mol. The maximum atomic E-state index is 12.5. The summed E-state index contributed by atoms with van der Waals surface area (Å²) in [5, 5.41) is 8.85. The first-order valence-corrected chi connectivity index (χ1v) is 6.80. The van der Waals surface area contributed by atoms with Crippen molar-refractivity contribution in [1.82, 2.24) is 0 Å². The van der Waals surface area contributed by atoms with Crippen molar-refractivity contribution in [1.29, 1.82) is 0 Å². The number of halogens is 1. The van der Waals surface area contributed by atoms with Crippen LogP contribution in [0.1, 0.15) is 23.4 Å². The van der Waals surface area contributed by atoms with E-state index in [-0.39, 0.29) is 29.9 Å². The lowest BCUT2D eigenvalue weighted by atomic mass is 10.2. The van der Waals surface area contributed by atoms with E-state index in [0.717, 1.165) is 0 Å². The zero-order valence-corrected chi connectivity index (χ0v) is 11.9. The molecule has 6 heteroatoms. The summed E-state index contributed by atoms with van der Waals surface area (Å²) in [5.41, 5.74) is 0.681. The normalized spacial score (nSPS) is 10.3. The summed E-state index contributed by atoms with van der Waals surface area (Å²) in [6.07, 6.45) is 0.347. The molecular formula is C15H14ClNO4. The Morgan fingerprint density at radius 2 is 1.86 bits per heavy atom. The Bertz CT molecular complexity index is 624. The Balaban J connectivity index is 2.19. The number of carbonyl (C=O) groups excluding carboxylic acids is 1. The predicted molar refractivity (Wildman–Crippen MR) is 78.7 cm³/mol. The number of carbonyl (C=O) groups is 2. The van der Waals surface area contributed by atoms with E-state index in [1.54, 1.807) is 12.1 Å². The number of rotatable bonds is 6. The molecule has 0 fully saturated rings. The zero-order chi connectivity index (χ0) is 15.2. The lowest BCUT2D eigenvalue weighted by Crippen LogP contribution is -2.31. The smallest absolute Gasteiger partial charge is 0.303 e. The van der Waals surface area contributed by atoms with Crippen molar-refractivity contribution in [2.45, 2.75) is 12.8 Å². The van der Waals surface area contributed by atoms with Crippen LogP contribution < -0.4 is 4.90 Å². The zero-order valence-electron chi connectivity index (χ0n) is 11.2. The van der Waals surface area contributed by atoms with Crippen LogP contribution in [-0.2, 0) is 4.79 Å². The lowest BCUT2D eigenvalue weighted by molar-refractivity contribution is -0.137. The van der Waals surface area contributed by atoms with Crippen molar-refractivity contribution in [3.8, 4) is 0 Å². The number of hydrogen-bond donors (Lipinski definition) is 1. The van der Waals surface area contributed by atoms with Gasteiger partial charge in [-0.05, 0) is 42.3 Å². The Labute approximate surface area is 126 Å². The van der Waals surface area contributed by atoms with Crippen molar-refractivity contribution < 1.29 is 19.1 Å². The fourth-order valence-electron chi connectivity index (χ4n) is 1.91. The summed E-state index contributed by atoms with van der Waals surface area (Å²) in [7, 11) is 0. The number of para-hydroxylation sites is 1. The molecule has 2 rings (SSSR count). The Hall–Kier alpha value is -2.27. The molecule has 0 aliphatic rings. The van der Waals surface area contributed by atoms with E-state index >= 15 is 0 Å². The molecule has 5 nitrogen and oxygen atoms in total. The summed E-state index contributed by atoms with van der Waals surface area (Å²) in [4.78, 5) is 24.6. The molecule has 0 saturated carbocycles. The number of amides is 1. The second-order valence-corrected chi connectivity index (χ2v) is 4.77. The summed E-state index contributed by atoms with van der Waals surface area (Å²) in [6, 6.07) is 12.0. The van der Waals surface area contributed by atoms with Crippen molar-refractivity contribution in [2.75, 3.05) is 11.4 Å². The molecule has 0 aliphatic heterocycles. The van der Waals surface area contributed by atoms with Crippen LogP contribution in [0.25, 0.3) is 0 Å². The van der Waals surface area contributed by atoms with Crippen molar-refractivity contribution in [3.05, 3.63) is 53.4 Å². The van der Waals surface area contributed by atoms with E-state index in [9.17, 15) is 9.59 Å². The summed E-state index contributed by atoms with van der Waals surface area (Å²) < 4.78 is 5.13. The van der Waals surface area contributed by atoms with Crippen LogP contribution in [0.3, 0.4) is 0 Å². The number of carboxylic acids is 1. The van der Waals surface area contributed by atoms with Gasteiger partial charge in [-0.15, -0.1) is 0 Å². The molecule has 1 aromatic carbocycles. The first kappa shape index (κ1) is 15.1. The van der Waals surface area contributed by atoms with Crippen molar-refractivity contribution in [3.63, 3.8) is 0 Å². The Morgan fingerprint density at radius 3 is 2.43 bits per heavy atom. The largest absolute Gasteiger partial charge is 0.481 e. The van der Waals surface area contributed by atoms with Gasteiger partial charge in [-0.1, -0.05) is 18.2 Å². The Kier molecular flexibility index (Phi) is 5.00. The molecule has 0 spiro atoms. The van der Waals surface area contributed by atoms with Gasteiger partial charge < -0.3 is 14.4 Å². The van der Waals surface area contributed by atoms with Gasteiger partial charge in [-0.25, -0.2) is 0 Å². The van der Waals surface area contributed by atoms with E-state index in [4.69, 9.17) is 21.1 Å². The molecule has 0 bridgehead atoms. The highest BCUT2D eigenvalue weighted by Gasteiger charge is 2.20. The molecule has 2 aromatic rings. The SMILES string of the molecule is O=C(O)CCCN(C(=O)c1ccc(Cl)o1)c1ccccc1. The van der Waals surface area contributed by atoms with Crippen molar-refractivity contribution >= 4 is 29.2 Å². The van der Waals surface area contributed by atoms with E-state index < -0.39 is 5.97 Å². The maximum absolute atomic E-state index is 12.5. The topological polar surface area (TPSA) is 70.8 Å². The van der Waals surface area contributed by atoms with E-state index in [1.165, 1.54) is 17.0 Å². The minimum Gasteiger partial charge on any atom is -0.481 e. The average molecular weight is 308 g/mol. The first-order chi connectivity index (χ1) is 10.1. The molecule has 0 saturated heterocycles. The molecule has 0 radical (unpaired) electrons. The van der Waals surface area contributed by atoms with Crippen LogP contribution in [-0.4, -0.2) is 23.5 Å². The number of benzene rings is 1. The molecule has 1 amide bonds. The van der Waals surface area contributed by atoms with Gasteiger partial charge in [-0.3, -0.25) is 9.59 Å². The quantitative estimate of drug-likeness (QED) is 0.887. The van der Waals surface area contributed by atoms with E-state index in [2.05, 4.69) is 0 Å². The van der Waals surface area contributed by atoms with Gasteiger partial charge in [0.15, 0.2) is 11.0 Å². The van der Waals surface area contributed by atoms with Crippen LogP contribution in [0.15, 0.2) is 46.9 Å². The fraction of sp³-hybridized carbons (Fsp3) is 0.200. The third-order valence-corrected chi connectivity index (χ3v) is 3.07. The van der Waals surface area contributed by atoms with Crippen LogP contribution in [0.4, 0.5) is 5.69 Å². The average Bonchev–Trinajstić information content (AvgIpc) is 2.90. The molecule has 0 unspecified atom stereocenters. The van der Waals surface area contributed by atoms with Gasteiger partial charge in [0.2, 0.25) is 0 Å². The van der Waals surface area contributed by atoms with Crippen LogP contribution in [0.5, 0.6) is 0 Å². The fourth-order valence-corrected chi connectivity index (χ4v) is 2.05. The van der Waals surface area contributed by atoms with Crippen molar-refractivity contribution in [2.24, 2.45) is 0 Å². The third kappa shape index (κ3) is 4.10. The third-order valence-electron chi connectivity index (χ3n) is 2.87. The van der Waals surface area contributed by atoms with Gasteiger partial charge in [0.05, 0.1) is 0 Å². The van der Waals surface area contributed by atoms with Gasteiger partial charge >= 0.3 is 5.97 Å². The lowest BCUT2D eigenvalue weighted by Gasteiger charge is -2.21. The highest BCUT2D eigenvalue weighted by molar-refractivity contribution is 6.29. The van der Waals surface area contributed by atoms with Gasteiger partial charge in [0.25, 0.3) is 5.91 Å². The molecule has 0 atom stereocenters. The Morgan fingerprint density at radius 1 is 1.14 bits per heavy atom. The standard InChI is InChI=1S/C15H14ClNO4/c16-13-9-8-12(21-13)15(20)17(10-4-7-14(18)19)11-5-2-1-3-6-11/h1-3,5-6,8-9H,4,7,10H2,(H,18,19). The summed E-state index contributed by atoms with van der Waals surface area (Å²) >= 11 is 5.69. The maximum Gasteiger partial charge on any atom is 0.303 e. The second kappa shape index (κ2) is 6.95. The highest BCUT2D eigenvalue weighted by atomic mass is 35.5. The predicted octanol–water partition coefficient (Wildman–Crippen LogP) is 3.44. The molecule has 1 N–H and O–H groups in total. The molecule has 21 heavy (non-hydrogen) atoms. The molecule has 110 valence electrons. The highest BCUT2D eigenvalue weighted by Crippen LogP contribution is 2.20. The molecule has 1 aromatic heterocycles. The van der Waals surface area contributed by atoms with Crippen LogP contribution >= 0.6 is 11.6 Å². The number of aliphatic carboxylic acids is 1. The minimum atomic E-state index is -0.892.